The van der Waals surface area contributed by atoms with Gasteiger partial charge in [-0.05, 0) is 12.1 Å². The monoisotopic (exact) mass is 186 g/mol. The van der Waals surface area contributed by atoms with Gasteiger partial charge in [-0.1, -0.05) is 0 Å². The second kappa shape index (κ2) is 4.54. The standard InChI is InChI=1S/C8H10O5/c9-4-12-7-2-1-6(11)3-8(7)13-5-10/h1-3,9-11H,4-5H2. The van der Waals surface area contributed by atoms with Crippen LogP contribution in [0.15, 0.2) is 18.2 Å². The maximum atomic E-state index is 9.05. The van der Waals surface area contributed by atoms with E-state index in [1.54, 1.807) is 0 Å². The smallest absolute Gasteiger partial charge is 0.186 e. The Balaban J connectivity index is 2.89. The minimum atomic E-state index is -0.523. The molecule has 1 rings (SSSR count). The highest BCUT2D eigenvalue weighted by Gasteiger charge is 2.05. The van der Waals surface area contributed by atoms with Crippen LogP contribution in [-0.4, -0.2) is 28.9 Å². The van der Waals surface area contributed by atoms with Crippen molar-refractivity contribution in [1.29, 1.82) is 0 Å². The average Bonchev–Trinajstić information content (AvgIpc) is 2.10. The van der Waals surface area contributed by atoms with Crippen molar-refractivity contribution < 1.29 is 24.8 Å². The number of aliphatic hydroxyl groups excluding tert-OH is 2. The summed E-state index contributed by atoms with van der Waals surface area (Å²) in [4.78, 5) is 0. The van der Waals surface area contributed by atoms with Gasteiger partial charge < -0.3 is 24.8 Å². The molecule has 3 N–H and O–H groups in total. The molecule has 1 aromatic carbocycles. The first-order valence-corrected chi connectivity index (χ1v) is 3.58. The molecule has 13 heavy (non-hydrogen) atoms. The van der Waals surface area contributed by atoms with Crippen molar-refractivity contribution in [2.75, 3.05) is 13.6 Å². The molecule has 0 saturated heterocycles. The fraction of sp³-hybridized carbons (Fsp3) is 0.250. The van der Waals surface area contributed by atoms with Crippen molar-refractivity contribution in [3.05, 3.63) is 18.2 Å². The highest BCUT2D eigenvalue weighted by atomic mass is 16.6. The molecular weight excluding hydrogens is 176 g/mol. The Morgan fingerprint density at radius 1 is 1.00 bits per heavy atom. The molecule has 0 atom stereocenters. The quantitative estimate of drug-likeness (QED) is 0.579. The Bertz CT molecular complexity index is 273. The minimum absolute atomic E-state index is 0.00580. The fourth-order valence-electron chi connectivity index (χ4n) is 0.868. The van der Waals surface area contributed by atoms with Crippen molar-refractivity contribution in [1.82, 2.24) is 0 Å². The van der Waals surface area contributed by atoms with Gasteiger partial charge in [-0.2, -0.15) is 0 Å². The van der Waals surface area contributed by atoms with Gasteiger partial charge in [0.25, 0.3) is 0 Å². The number of rotatable bonds is 4. The van der Waals surface area contributed by atoms with E-state index in [1.165, 1.54) is 18.2 Å². The van der Waals surface area contributed by atoms with Gasteiger partial charge in [0.15, 0.2) is 25.1 Å². The number of phenolic OH excluding ortho intramolecular Hbond substituents is 1. The largest absolute Gasteiger partial charge is 0.508 e. The van der Waals surface area contributed by atoms with E-state index >= 15 is 0 Å². The van der Waals surface area contributed by atoms with E-state index in [-0.39, 0.29) is 17.2 Å². The molecule has 0 amide bonds. The summed E-state index contributed by atoms with van der Waals surface area (Å²) < 4.78 is 9.48. The summed E-state index contributed by atoms with van der Waals surface area (Å²) in [6.45, 7) is -1.02. The molecule has 0 aliphatic heterocycles. The van der Waals surface area contributed by atoms with Crippen LogP contribution in [0.5, 0.6) is 17.2 Å². The molecule has 0 radical (unpaired) electrons. The zero-order valence-corrected chi connectivity index (χ0v) is 6.80. The van der Waals surface area contributed by atoms with Gasteiger partial charge in [0.1, 0.15) is 5.75 Å². The Morgan fingerprint density at radius 3 is 2.23 bits per heavy atom. The number of aliphatic hydroxyl groups is 2. The normalized spacial score (nSPS) is 9.69. The zero-order chi connectivity index (χ0) is 9.68. The summed E-state index contributed by atoms with van der Waals surface area (Å²) in [6.07, 6.45) is 0. The van der Waals surface area contributed by atoms with Gasteiger partial charge in [-0.3, -0.25) is 0 Å². The Morgan fingerprint density at radius 2 is 1.62 bits per heavy atom. The third kappa shape index (κ3) is 2.50. The van der Waals surface area contributed by atoms with Crippen LogP contribution in [0.1, 0.15) is 0 Å². The van der Waals surface area contributed by atoms with Crippen molar-refractivity contribution in [3.63, 3.8) is 0 Å². The topological polar surface area (TPSA) is 79.2 Å². The summed E-state index contributed by atoms with van der Waals surface area (Å²) in [5, 5.41) is 26.0. The number of hydrogen-bond donors (Lipinski definition) is 3. The average molecular weight is 186 g/mol. The second-order valence-electron chi connectivity index (χ2n) is 2.18. The lowest BCUT2D eigenvalue weighted by molar-refractivity contribution is 0.0741. The highest BCUT2D eigenvalue weighted by Crippen LogP contribution is 2.30. The summed E-state index contributed by atoms with van der Waals surface area (Å²) >= 11 is 0. The van der Waals surface area contributed by atoms with E-state index in [9.17, 15) is 0 Å². The van der Waals surface area contributed by atoms with Gasteiger partial charge >= 0.3 is 0 Å². The van der Waals surface area contributed by atoms with Crippen molar-refractivity contribution in [2.24, 2.45) is 0 Å². The second-order valence-corrected chi connectivity index (χ2v) is 2.18. The van der Waals surface area contributed by atoms with Crippen LogP contribution >= 0.6 is 0 Å². The first kappa shape index (κ1) is 9.63. The van der Waals surface area contributed by atoms with Gasteiger partial charge in [0.2, 0.25) is 0 Å². The predicted molar refractivity (Wildman–Crippen MR) is 43.5 cm³/mol. The zero-order valence-electron chi connectivity index (χ0n) is 6.80. The van der Waals surface area contributed by atoms with E-state index in [4.69, 9.17) is 24.8 Å². The lowest BCUT2D eigenvalue weighted by Crippen LogP contribution is -2.00. The van der Waals surface area contributed by atoms with Crippen LogP contribution in [0.4, 0.5) is 0 Å². The van der Waals surface area contributed by atoms with Crippen LogP contribution in [-0.2, 0) is 0 Å². The molecule has 0 unspecified atom stereocenters. The number of hydrogen-bond acceptors (Lipinski definition) is 5. The maximum absolute atomic E-state index is 9.05. The molecule has 0 saturated carbocycles. The van der Waals surface area contributed by atoms with Crippen LogP contribution in [0.2, 0.25) is 0 Å². The molecule has 5 heteroatoms. The molecule has 5 nitrogen and oxygen atoms in total. The third-order valence-electron chi connectivity index (χ3n) is 1.37. The summed E-state index contributed by atoms with van der Waals surface area (Å²) in [5.41, 5.74) is 0. The van der Waals surface area contributed by atoms with Gasteiger partial charge in [0, 0.05) is 6.07 Å². The van der Waals surface area contributed by atoms with Crippen molar-refractivity contribution in [3.8, 4) is 17.2 Å². The Kier molecular flexibility index (Phi) is 3.36. The summed E-state index contributed by atoms with van der Waals surface area (Å²) in [5.74, 6) is 0.430. The molecule has 0 aliphatic carbocycles. The van der Waals surface area contributed by atoms with Crippen molar-refractivity contribution >= 4 is 0 Å². The fourth-order valence-corrected chi connectivity index (χ4v) is 0.868. The van der Waals surface area contributed by atoms with Gasteiger partial charge in [-0.25, -0.2) is 0 Å². The van der Waals surface area contributed by atoms with Crippen LogP contribution in [0.3, 0.4) is 0 Å². The number of ether oxygens (including phenoxy) is 2. The number of phenols is 1. The van der Waals surface area contributed by atoms with E-state index in [1.807, 2.05) is 0 Å². The summed E-state index contributed by atoms with van der Waals surface area (Å²) in [7, 11) is 0. The molecule has 0 aliphatic rings. The molecular formula is C8H10O5. The first-order valence-electron chi connectivity index (χ1n) is 3.58. The number of benzene rings is 1. The Hall–Kier alpha value is -1.46. The highest BCUT2D eigenvalue weighted by molar-refractivity contribution is 5.44. The van der Waals surface area contributed by atoms with E-state index in [0.29, 0.717) is 0 Å². The molecule has 72 valence electrons. The molecule has 0 fully saturated rings. The van der Waals surface area contributed by atoms with E-state index in [2.05, 4.69) is 0 Å². The first-order chi connectivity index (χ1) is 6.27. The SMILES string of the molecule is OCOc1ccc(O)cc1OCO. The molecule has 0 bridgehead atoms. The van der Waals surface area contributed by atoms with E-state index in [0.717, 1.165) is 0 Å². The maximum Gasteiger partial charge on any atom is 0.186 e. The molecule has 1 aromatic rings. The van der Waals surface area contributed by atoms with Crippen LogP contribution in [0.25, 0.3) is 0 Å². The Labute approximate surface area is 74.8 Å². The minimum Gasteiger partial charge on any atom is -0.508 e. The lowest BCUT2D eigenvalue weighted by atomic mass is 10.3. The van der Waals surface area contributed by atoms with E-state index < -0.39 is 13.6 Å². The molecule has 0 spiro atoms. The van der Waals surface area contributed by atoms with Crippen LogP contribution < -0.4 is 9.47 Å². The molecule has 0 aromatic heterocycles. The van der Waals surface area contributed by atoms with Gasteiger partial charge in [0.05, 0.1) is 0 Å². The predicted octanol–water partition coefficient (Wildman–Crippen LogP) is 0.0494. The lowest BCUT2D eigenvalue weighted by Gasteiger charge is -2.09. The van der Waals surface area contributed by atoms with Gasteiger partial charge in [-0.15, -0.1) is 0 Å². The molecule has 0 heterocycles. The van der Waals surface area contributed by atoms with Crippen LogP contribution in [0, 0.1) is 0 Å². The van der Waals surface area contributed by atoms with Crippen molar-refractivity contribution in [2.45, 2.75) is 0 Å². The number of aromatic hydroxyl groups is 1. The third-order valence-corrected chi connectivity index (χ3v) is 1.37. The summed E-state index contributed by atoms with van der Waals surface area (Å²) in [6, 6.07) is 4.09.